The first-order valence-electron chi connectivity index (χ1n) is 9.13. The second-order valence-corrected chi connectivity index (χ2v) is 7.79. The molecule has 2 rings (SSSR count). The van der Waals surface area contributed by atoms with Gasteiger partial charge in [0.05, 0.1) is 18.6 Å². The maximum absolute atomic E-state index is 12.6. The number of benzene rings is 2. The van der Waals surface area contributed by atoms with Gasteiger partial charge in [-0.1, -0.05) is 6.07 Å². The van der Waals surface area contributed by atoms with Gasteiger partial charge in [0.2, 0.25) is 5.91 Å². The summed E-state index contributed by atoms with van der Waals surface area (Å²) in [6.45, 7) is 4.66. The van der Waals surface area contributed by atoms with Crippen LogP contribution >= 0.6 is 0 Å². The Morgan fingerprint density at radius 3 is 2.28 bits per heavy atom. The number of carbonyl (C=O) groups excluding carboxylic acids is 2. The smallest absolute Gasteiger partial charge is 0.261 e. The average Bonchev–Trinajstić information content (AvgIpc) is 2.73. The van der Waals surface area contributed by atoms with Crippen LogP contribution in [0, 0.1) is 0 Å². The molecule has 0 aliphatic carbocycles. The van der Waals surface area contributed by atoms with Crippen LogP contribution in [0.1, 0.15) is 24.2 Å². The minimum absolute atomic E-state index is 0.0592. The predicted molar refractivity (Wildman–Crippen MR) is 111 cm³/mol. The molecule has 2 N–H and O–H groups in total. The van der Waals surface area contributed by atoms with Crippen LogP contribution in [0.3, 0.4) is 0 Å². The first-order chi connectivity index (χ1) is 13.8. The van der Waals surface area contributed by atoms with Crippen molar-refractivity contribution in [2.24, 2.45) is 0 Å². The van der Waals surface area contributed by atoms with E-state index in [-0.39, 0.29) is 22.9 Å². The van der Waals surface area contributed by atoms with Crippen molar-refractivity contribution >= 4 is 27.5 Å². The summed E-state index contributed by atoms with van der Waals surface area (Å²) in [5.41, 5.74) is 0.514. The molecular formula is C20H25N3O5S. The summed E-state index contributed by atoms with van der Waals surface area (Å²) in [7, 11) is -2.37. The number of anilines is 1. The molecule has 0 heterocycles. The van der Waals surface area contributed by atoms with E-state index in [1.807, 2.05) is 13.8 Å². The van der Waals surface area contributed by atoms with Crippen LogP contribution in [0.25, 0.3) is 0 Å². The molecule has 9 heteroatoms. The van der Waals surface area contributed by atoms with Crippen molar-refractivity contribution in [1.29, 1.82) is 0 Å². The summed E-state index contributed by atoms with van der Waals surface area (Å²) in [6, 6.07) is 12.0. The van der Waals surface area contributed by atoms with Crippen molar-refractivity contribution in [3.63, 3.8) is 0 Å². The van der Waals surface area contributed by atoms with Gasteiger partial charge in [-0.05, 0) is 56.3 Å². The van der Waals surface area contributed by atoms with Gasteiger partial charge in [-0.25, -0.2) is 8.42 Å². The summed E-state index contributed by atoms with van der Waals surface area (Å²) in [4.78, 5) is 25.9. The molecule has 0 saturated carbocycles. The van der Waals surface area contributed by atoms with Crippen molar-refractivity contribution in [3.05, 3.63) is 54.1 Å². The fourth-order valence-electron chi connectivity index (χ4n) is 2.62. The lowest BCUT2D eigenvalue weighted by molar-refractivity contribution is -0.129. The molecule has 0 aliphatic heterocycles. The van der Waals surface area contributed by atoms with Crippen molar-refractivity contribution < 1.29 is 22.7 Å². The molecule has 0 fully saturated rings. The normalized spacial score (nSPS) is 10.9. The molecule has 156 valence electrons. The Kier molecular flexibility index (Phi) is 7.60. The molecule has 29 heavy (non-hydrogen) atoms. The Morgan fingerprint density at radius 2 is 1.69 bits per heavy atom. The molecule has 2 aromatic rings. The predicted octanol–water partition coefficient (Wildman–Crippen LogP) is 2.09. The third kappa shape index (κ3) is 5.95. The van der Waals surface area contributed by atoms with Gasteiger partial charge >= 0.3 is 0 Å². The second-order valence-electron chi connectivity index (χ2n) is 6.11. The summed E-state index contributed by atoms with van der Waals surface area (Å²) in [5, 5.41) is 2.53. The maximum Gasteiger partial charge on any atom is 0.261 e. The van der Waals surface area contributed by atoms with E-state index in [1.54, 1.807) is 29.2 Å². The van der Waals surface area contributed by atoms with E-state index >= 15 is 0 Å². The van der Waals surface area contributed by atoms with E-state index in [0.717, 1.165) is 0 Å². The molecule has 0 bridgehead atoms. The van der Waals surface area contributed by atoms with Crippen LogP contribution in [-0.2, 0) is 14.8 Å². The lowest BCUT2D eigenvalue weighted by Crippen LogP contribution is -2.40. The zero-order valence-corrected chi connectivity index (χ0v) is 17.5. The number of ether oxygens (including phenoxy) is 1. The van der Waals surface area contributed by atoms with E-state index in [1.165, 1.54) is 31.4 Å². The van der Waals surface area contributed by atoms with Gasteiger partial charge in [-0.3, -0.25) is 14.3 Å². The van der Waals surface area contributed by atoms with Crippen LogP contribution < -0.4 is 14.8 Å². The molecule has 2 aromatic carbocycles. The van der Waals surface area contributed by atoms with Crippen LogP contribution in [0.5, 0.6) is 5.75 Å². The van der Waals surface area contributed by atoms with Crippen LogP contribution in [0.4, 0.5) is 5.69 Å². The fourth-order valence-corrected chi connectivity index (χ4v) is 3.73. The fraction of sp³-hybridized carbons (Fsp3) is 0.300. The molecule has 0 spiro atoms. The highest BCUT2D eigenvalue weighted by Gasteiger charge is 2.17. The van der Waals surface area contributed by atoms with Gasteiger partial charge in [0.1, 0.15) is 5.75 Å². The molecule has 0 aromatic heterocycles. The largest absolute Gasteiger partial charge is 0.497 e. The Bertz CT molecular complexity index is 954. The van der Waals surface area contributed by atoms with E-state index < -0.39 is 15.9 Å². The molecule has 2 amide bonds. The Morgan fingerprint density at radius 1 is 1.03 bits per heavy atom. The van der Waals surface area contributed by atoms with E-state index in [4.69, 9.17) is 4.74 Å². The number of hydrogen-bond donors (Lipinski definition) is 2. The van der Waals surface area contributed by atoms with Crippen molar-refractivity contribution in [2.75, 3.05) is 31.5 Å². The highest BCUT2D eigenvalue weighted by atomic mass is 32.2. The van der Waals surface area contributed by atoms with Gasteiger partial charge in [-0.15, -0.1) is 0 Å². The summed E-state index contributed by atoms with van der Waals surface area (Å²) < 4.78 is 32.8. The lowest BCUT2D eigenvalue weighted by Gasteiger charge is -2.18. The van der Waals surface area contributed by atoms with Gasteiger partial charge in [0, 0.05) is 24.3 Å². The number of sulfonamides is 1. The highest BCUT2D eigenvalue weighted by Crippen LogP contribution is 2.20. The van der Waals surface area contributed by atoms with Crippen LogP contribution in [-0.4, -0.2) is 51.9 Å². The van der Waals surface area contributed by atoms with Gasteiger partial charge < -0.3 is 15.0 Å². The zero-order chi connectivity index (χ0) is 21.4. The third-order valence-electron chi connectivity index (χ3n) is 4.27. The van der Waals surface area contributed by atoms with Crippen molar-refractivity contribution in [3.8, 4) is 5.75 Å². The molecule has 0 aliphatic rings. The van der Waals surface area contributed by atoms with Crippen LogP contribution in [0.2, 0.25) is 0 Å². The average molecular weight is 420 g/mol. The Hall–Kier alpha value is -3.07. The standard InChI is InChI=1S/C20H25N3O5S/c1-4-23(5-2)19(24)14-21-20(25)15-7-6-8-18(13-15)29(26,27)22-16-9-11-17(28-3)12-10-16/h6-13,22H,4-5,14H2,1-3H3,(H,21,25). The van der Waals surface area contributed by atoms with E-state index in [2.05, 4.69) is 10.0 Å². The number of methoxy groups -OCH3 is 1. The molecule has 0 unspecified atom stereocenters. The number of nitrogens with zero attached hydrogens (tertiary/aromatic N) is 1. The Balaban J connectivity index is 2.10. The van der Waals surface area contributed by atoms with Gasteiger partial charge in [0.15, 0.2) is 0 Å². The Labute approximate surface area is 170 Å². The highest BCUT2D eigenvalue weighted by molar-refractivity contribution is 7.92. The van der Waals surface area contributed by atoms with Crippen molar-refractivity contribution in [2.45, 2.75) is 18.7 Å². The monoisotopic (exact) mass is 419 g/mol. The number of amides is 2. The minimum Gasteiger partial charge on any atom is -0.497 e. The summed E-state index contributed by atoms with van der Waals surface area (Å²) in [6.07, 6.45) is 0. The first-order valence-corrected chi connectivity index (χ1v) is 10.6. The van der Waals surface area contributed by atoms with Crippen molar-refractivity contribution in [1.82, 2.24) is 10.2 Å². The summed E-state index contributed by atoms with van der Waals surface area (Å²) in [5.74, 6) is -0.119. The number of rotatable bonds is 9. The first kappa shape index (κ1) is 22.2. The van der Waals surface area contributed by atoms with Crippen LogP contribution in [0.15, 0.2) is 53.4 Å². The molecule has 0 saturated heterocycles. The van der Waals surface area contributed by atoms with Gasteiger partial charge in [-0.2, -0.15) is 0 Å². The van der Waals surface area contributed by atoms with E-state index in [9.17, 15) is 18.0 Å². The molecule has 8 nitrogen and oxygen atoms in total. The number of nitrogens with one attached hydrogen (secondary N) is 2. The number of hydrogen-bond acceptors (Lipinski definition) is 5. The molecule has 0 atom stereocenters. The number of likely N-dealkylation sites (N-methyl/N-ethyl adjacent to an activating group) is 1. The second kappa shape index (κ2) is 9.92. The quantitative estimate of drug-likeness (QED) is 0.648. The maximum atomic E-state index is 12.6. The van der Waals surface area contributed by atoms with Gasteiger partial charge in [0.25, 0.3) is 15.9 Å². The number of carbonyl (C=O) groups is 2. The summed E-state index contributed by atoms with van der Waals surface area (Å²) >= 11 is 0. The lowest BCUT2D eigenvalue weighted by atomic mass is 10.2. The zero-order valence-electron chi connectivity index (χ0n) is 16.6. The minimum atomic E-state index is -3.89. The molecule has 0 radical (unpaired) electrons. The third-order valence-corrected chi connectivity index (χ3v) is 5.64. The molecular weight excluding hydrogens is 394 g/mol. The van der Waals surface area contributed by atoms with E-state index in [0.29, 0.717) is 24.5 Å². The SMILES string of the molecule is CCN(CC)C(=O)CNC(=O)c1cccc(S(=O)(=O)Nc2ccc(OC)cc2)c1. The topological polar surface area (TPSA) is 105 Å².